The van der Waals surface area contributed by atoms with Crippen molar-refractivity contribution in [3.63, 3.8) is 0 Å². The predicted octanol–water partition coefficient (Wildman–Crippen LogP) is 5.80. The van der Waals surface area contributed by atoms with Crippen LogP contribution >= 0.6 is 11.6 Å². The van der Waals surface area contributed by atoms with E-state index in [1.165, 1.54) is 0 Å². The molecule has 4 rings (SSSR count). The van der Waals surface area contributed by atoms with Crippen LogP contribution in [0.5, 0.6) is 0 Å². The summed E-state index contributed by atoms with van der Waals surface area (Å²) in [6.45, 7) is 1.91. The molecule has 1 aromatic heterocycles. The number of benzene rings is 3. The van der Waals surface area contributed by atoms with Crippen molar-refractivity contribution in [2.75, 3.05) is 0 Å². The number of hydrogen-bond donors (Lipinski definition) is 0. The molecule has 3 aromatic carbocycles. The van der Waals surface area contributed by atoms with Gasteiger partial charge in [0.15, 0.2) is 5.76 Å². The Kier molecular flexibility index (Phi) is 4.79. The molecule has 0 fully saturated rings. The van der Waals surface area contributed by atoms with Gasteiger partial charge in [0.25, 0.3) is 0 Å². The van der Waals surface area contributed by atoms with Crippen LogP contribution in [0.3, 0.4) is 0 Å². The molecule has 0 bridgehead atoms. The highest BCUT2D eigenvalue weighted by Crippen LogP contribution is 2.39. The Labute approximate surface area is 168 Å². The van der Waals surface area contributed by atoms with Crippen molar-refractivity contribution in [1.29, 1.82) is 0 Å². The van der Waals surface area contributed by atoms with E-state index >= 15 is 0 Å². The molecule has 0 aliphatic carbocycles. The quantitative estimate of drug-likeness (QED) is 0.427. The Morgan fingerprint density at radius 3 is 2.11 bits per heavy atom. The molecule has 1 heterocycles. The average molecular weight is 410 g/mol. The lowest BCUT2D eigenvalue weighted by atomic mass is 10.1. The van der Waals surface area contributed by atoms with Gasteiger partial charge in [-0.2, -0.15) is 0 Å². The number of nitrogens with zero attached hydrogens (tertiary/aromatic N) is 1. The van der Waals surface area contributed by atoms with Gasteiger partial charge in [-0.15, -0.1) is 0 Å². The van der Waals surface area contributed by atoms with Crippen LogP contribution in [-0.4, -0.2) is 13.6 Å². The molecular weight excluding hydrogens is 394 g/mol. The molecule has 140 valence electrons. The molecule has 0 aliphatic rings. The Balaban J connectivity index is 1.98. The van der Waals surface area contributed by atoms with Gasteiger partial charge in [-0.3, -0.25) is 0 Å². The second kappa shape index (κ2) is 7.26. The first-order chi connectivity index (χ1) is 13.5. The summed E-state index contributed by atoms with van der Waals surface area (Å²) >= 11 is 5.98. The van der Waals surface area contributed by atoms with Gasteiger partial charge in [0.1, 0.15) is 10.6 Å². The van der Waals surface area contributed by atoms with E-state index in [4.69, 9.17) is 16.1 Å². The van der Waals surface area contributed by atoms with Crippen molar-refractivity contribution in [3.8, 4) is 22.6 Å². The van der Waals surface area contributed by atoms with Gasteiger partial charge in [-0.05, 0) is 43.3 Å². The highest BCUT2D eigenvalue weighted by atomic mass is 35.5. The molecule has 6 heteroatoms. The Bertz CT molecular complexity index is 1210. The zero-order chi connectivity index (χ0) is 19.7. The van der Waals surface area contributed by atoms with Crippen molar-refractivity contribution < 1.29 is 12.9 Å². The maximum atomic E-state index is 13.5. The molecule has 0 unspecified atom stereocenters. The maximum absolute atomic E-state index is 13.5. The van der Waals surface area contributed by atoms with Crippen LogP contribution in [0.15, 0.2) is 93.2 Å². The number of sulfone groups is 1. The van der Waals surface area contributed by atoms with Crippen LogP contribution in [0.2, 0.25) is 5.02 Å². The average Bonchev–Trinajstić information content (AvgIpc) is 3.16. The van der Waals surface area contributed by atoms with E-state index in [9.17, 15) is 8.42 Å². The van der Waals surface area contributed by atoms with Gasteiger partial charge >= 0.3 is 0 Å². The van der Waals surface area contributed by atoms with E-state index in [1.807, 2.05) is 25.1 Å². The molecule has 0 saturated heterocycles. The third kappa shape index (κ3) is 3.35. The summed E-state index contributed by atoms with van der Waals surface area (Å²) in [5, 5.41) is 4.66. The third-order valence-corrected chi connectivity index (χ3v) is 6.46. The molecule has 0 radical (unpaired) electrons. The van der Waals surface area contributed by atoms with Crippen molar-refractivity contribution in [1.82, 2.24) is 5.16 Å². The molecule has 0 saturated carbocycles. The minimum atomic E-state index is -3.87. The van der Waals surface area contributed by atoms with Crippen LogP contribution < -0.4 is 0 Å². The Morgan fingerprint density at radius 1 is 0.821 bits per heavy atom. The molecule has 0 amide bonds. The standard InChI is InChI=1S/C22H16ClNO3S/c1-15-7-13-19(14-8-15)28(25,26)22-20(16-5-3-2-4-6-16)24-27-21(22)17-9-11-18(23)12-10-17/h2-14H,1H3. The zero-order valence-corrected chi connectivity index (χ0v) is 16.5. The van der Waals surface area contributed by atoms with Gasteiger partial charge in [-0.25, -0.2) is 8.42 Å². The van der Waals surface area contributed by atoms with Crippen LogP contribution in [0.4, 0.5) is 0 Å². The van der Waals surface area contributed by atoms with E-state index in [-0.39, 0.29) is 21.2 Å². The lowest BCUT2D eigenvalue weighted by Crippen LogP contribution is -2.04. The second-order valence-electron chi connectivity index (χ2n) is 6.38. The van der Waals surface area contributed by atoms with Gasteiger partial charge in [-0.1, -0.05) is 64.8 Å². The SMILES string of the molecule is Cc1ccc(S(=O)(=O)c2c(-c3ccccc3)noc2-c2ccc(Cl)cc2)cc1. The van der Waals surface area contributed by atoms with Crippen molar-refractivity contribution in [2.24, 2.45) is 0 Å². The highest BCUT2D eigenvalue weighted by Gasteiger charge is 2.31. The zero-order valence-electron chi connectivity index (χ0n) is 15.0. The summed E-state index contributed by atoms with van der Waals surface area (Å²) in [5.74, 6) is 0.191. The van der Waals surface area contributed by atoms with Gasteiger partial charge in [0.05, 0.1) is 4.90 Å². The molecule has 0 N–H and O–H groups in total. The van der Waals surface area contributed by atoms with E-state index in [0.29, 0.717) is 16.1 Å². The van der Waals surface area contributed by atoms with E-state index < -0.39 is 9.84 Å². The maximum Gasteiger partial charge on any atom is 0.212 e. The van der Waals surface area contributed by atoms with Crippen molar-refractivity contribution in [3.05, 3.63) is 89.4 Å². The topological polar surface area (TPSA) is 60.2 Å². The fraction of sp³-hybridized carbons (Fsp3) is 0.0455. The molecule has 4 nitrogen and oxygen atoms in total. The Hall–Kier alpha value is -2.89. The summed E-state index contributed by atoms with van der Waals surface area (Å²) in [4.78, 5) is 0.235. The summed E-state index contributed by atoms with van der Waals surface area (Å²) in [5.41, 5.74) is 2.51. The number of aromatic nitrogens is 1. The summed E-state index contributed by atoms with van der Waals surface area (Å²) in [6, 6.07) is 22.6. The predicted molar refractivity (Wildman–Crippen MR) is 109 cm³/mol. The largest absolute Gasteiger partial charge is 0.354 e. The lowest BCUT2D eigenvalue weighted by Gasteiger charge is -2.07. The van der Waals surface area contributed by atoms with Gasteiger partial charge in [0.2, 0.25) is 9.84 Å². The molecule has 0 aliphatic heterocycles. The van der Waals surface area contributed by atoms with Crippen LogP contribution in [0, 0.1) is 6.92 Å². The Morgan fingerprint density at radius 2 is 1.46 bits per heavy atom. The van der Waals surface area contributed by atoms with Crippen LogP contribution in [0.25, 0.3) is 22.6 Å². The summed E-state index contributed by atoms with van der Waals surface area (Å²) < 4.78 is 32.6. The first-order valence-corrected chi connectivity index (χ1v) is 10.5. The normalized spacial score (nSPS) is 11.5. The first kappa shape index (κ1) is 18.5. The molecule has 4 aromatic rings. The third-order valence-electron chi connectivity index (χ3n) is 4.40. The van der Waals surface area contributed by atoms with E-state index in [1.54, 1.807) is 60.7 Å². The first-order valence-electron chi connectivity index (χ1n) is 8.59. The number of aryl methyl sites for hydroxylation is 1. The van der Waals surface area contributed by atoms with E-state index in [2.05, 4.69) is 5.16 Å². The van der Waals surface area contributed by atoms with Crippen LogP contribution in [-0.2, 0) is 9.84 Å². The lowest BCUT2D eigenvalue weighted by molar-refractivity contribution is 0.433. The fourth-order valence-corrected chi connectivity index (χ4v) is 4.60. The molecule has 28 heavy (non-hydrogen) atoms. The molecule has 0 spiro atoms. The number of rotatable bonds is 4. The molecular formula is C22H16ClNO3S. The van der Waals surface area contributed by atoms with Gasteiger partial charge < -0.3 is 4.52 Å². The minimum Gasteiger partial charge on any atom is -0.354 e. The van der Waals surface area contributed by atoms with Gasteiger partial charge in [0, 0.05) is 16.1 Å². The van der Waals surface area contributed by atoms with Crippen molar-refractivity contribution in [2.45, 2.75) is 16.7 Å². The molecule has 0 atom stereocenters. The van der Waals surface area contributed by atoms with E-state index in [0.717, 1.165) is 5.56 Å². The smallest absolute Gasteiger partial charge is 0.212 e. The van der Waals surface area contributed by atoms with Crippen LogP contribution in [0.1, 0.15) is 5.56 Å². The number of halogens is 1. The number of hydrogen-bond acceptors (Lipinski definition) is 4. The summed E-state index contributed by atoms with van der Waals surface area (Å²) in [6.07, 6.45) is 0. The second-order valence-corrected chi connectivity index (χ2v) is 8.70. The minimum absolute atomic E-state index is 0.0462. The fourth-order valence-electron chi connectivity index (χ4n) is 2.93. The highest BCUT2D eigenvalue weighted by molar-refractivity contribution is 7.91. The monoisotopic (exact) mass is 409 g/mol. The summed E-state index contributed by atoms with van der Waals surface area (Å²) in [7, 11) is -3.87. The van der Waals surface area contributed by atoms with Crippen molar-refractivity contribution >= 4 is 21.4 Å².